The highest BCUT2D eigenvalue weighted by molar-refractivity contribution is 6.41. The number of fused-ring (bicyclic) bond motifs is 1. The van der Waals surface area contributed by atoms with Crippen molar-refractivity contribution in [3.63, 3.8) is 0 Å². The van der Waals surface area contributed by atoms with Gasteiger partial charge in [-0.25, -0.2) is 4.99 Å². The fourth-order valence-electron chi connectivity index (χ4n) is 3.73. The SMILES string of the molecule is COc1ccc(CC(=O)N2CCN(C3=NC=CN4C3=NCC4C)CC2)cc1Cl. The van der Waals surface area contributed by atoms with E-state index in [9.17, 15) is 4.79 Å². The summed E-state index contributed by atoms with van der Waals surface area (Å²) in [5.41, 5.74) is 0.893. The lowest BCUT2D eigenvalue weighted by Crippen LogP contribution is -2.54. The van der Waals surface area contributed by atoms with Crippen molar-refractivity contribution >= 4 is 29.2 Å². The summed E-state index contributed by atoms with van der Waals surface area (Å²) in [7, 11) is 1.58. The number of amides is 1. The van der Waals surface area contributed by atoms with Crippen LogP contribution in [0.2, 0.25) is 5.02 Å². The molecule has 0 aromatic heterocycles. The van der Waals surface area contributed by atoms with Gasteiger partial charge < -0.3 is 19.4 Å². The molecule has 1 atom stereocenters. The van der Waals surface area contributed by atoms with Gasteiger partial charge in [0.15, 0.2) is 11.7 Å². The maximum absolute atomic E-state index is 12.7. The molecule has 4 rings (SSSR count). The topological polar surface area (TPSA) is 60.7 Å². The van der Waals surface area contributed by atoms with Gasteiger partial charge >= 0.3 is 0 Å². The van der Waals surface area contributed by atoms with E-state index in [2.05, 4.69) is 26.7 Å². The molecular weight excluding hydrogens is 378 g/mol. The number of halogens is 1. The Morgan fingerprint density at radius 2 is 2.04 bits per heavy atom. The maximum Gasteiger partial charge on any atom is 0.227 e. The highest BCUT2D eigenvalue weighted by Gasteiger charge is 2.32. The molecule has 148 valence electrons. The van der Waals surface area contributed by atoms with Crippen molar-refractivity contribution < 1.29 is 9.53 Å². The van der Waals surface area contributed by atoms with Crippen molar-refractivity contribution in [2.45, 2.75) is 19.4 Å². The highest BCUT2D eigenvalue weighted by atomic mass is 35.5. The number of carbonyl (C=O) groups excluding carboxylic acids is 1. The van der Waals surface area contributed by atoms with Crippen molar-refractivity contribution in [2.75, 3.05) is 39.8 Å². The summed E-state index contributed by atoms with van der Waals surface area (Å²) in [6, 6.07) is 5.85. The zero-order chi connectivity index (χ0) is 19.7. The van der Waals surface area contributed by atoms with Gasteiger partial charge in [-0.15, -0.1) is 0 Å². The van der Waals surface area contributed by atoms with Crippen molar-refractivity contribution in [1.82, 2.24) is 14.7 Å². The molecule has 1 unspecified atom stereocenters. The first-order valence-electron chi connectivity index (χ1n) is 9.49. The number of hydrogen-bond donors (Lipinski definition) is 0. The van der Waals surface area contributed by atoms with Crippen LogP contribution in [0.5, 0.6) is 5.75 Å². The van der Waals surface area contributed by atoms with Crippen LogP contribution in [0.15, 0.2) is 40.6 Å². The van der Waals surface area contributed by atoms with Crippen molar-refractivity contribution in [3.8, 4) is 5.75 Å². The molecule has 28 heavy (non-hydrogen) atoms. The molecule has 1 saturated heterocycles. The number of amidine groups is 2. The monoisotopic (exact) mass is 401 g/mol. The van der Waals surface area contributed by atoms with E-state index in [1.54, 1.807) is 19.2 Å². The summed E-state index contributed by atoms with van der Waals surface area (Å²) < 4.78 is 5.17. The number of carbonyl (C=O) groups is 1. The van der Waals surface area contributed by atoms with Crippen LogP contribution < -0.4 is 4.74 Å². The number of ether oxygens (including phenoxy) is 1. The minimum absolute atomic E-state index is 0.111. The molecule has 3 heterocycles. The van der Waals surface area contributed by atoms with E-state index < -0.39 is 0 Å². The summed E-state index contributed by atoms with van der Waals surface area (Å²) in [6.07, 6.45) is 4.16. The number of benzene rings is 1. The summed E-state index contributed by atoms with van der Waals surface area (Å²) >= 11 is 6.17. The van der Waals surface area contributed by atoms with Gasteiger partial charge in [-0.2, -0.15) is 0 Å². The van der Waals surface area contributed by atoms with E-state index in [0.29, 0.717) is 36.3 Å². The molecule has 3 aliphatic rings. The zero-order valence-corrected chi connectivity index (χ0v) is 16.9. The van der Waals surface area contributed by atoms with Gasteiger partial charge in [0.05, 0.1) is 31.1 Å². The molecule has 1 fully saturated rings. The van der Waals surface area contributed by atoms with Gasteiger partial charge in [-0.05, 0) is 24.6 Å². The van der Waals surface area contributed by atoms with Gasteiger partial charge in [0.1, 0.15) is 5.75 Å². The first-order valence-corrected chi connectivity index (χ1v) is 9.87. The number of rotatable bonds is 3. The van der Waals surface area contributed by atoms with E-state index in [0.717, 1.165) is 36.9 Å². The standard InChI is InChI=1S/C20H24ClN5O2/c1-14-13-23-20-19(22-5-6-26(14)20)25-9-7-24(8-10-25)18(27)12-15-3-4-17(28-2)16(21)11-15/h3-6,11,14H,7-10,12-13H2,1-2H3. The van der Waals surface area contributed by atoms with Crippen LogP contribution in [0.25, 0.3) is 0 Å². The quantitative estimate of drug-likeness (QED) is 0.777. The molecule has 0 saturated carbocycles. The Labute approximate surface area is 169 Å². The second kappa shape index (κ2) is 7.83. The van der Waals surface area contributed by atoms with Crippen LogP contribution in [-0.4, -0.2) is 78.2 Å². The van der Waals surface area contributed by atoms with E-state index in [1.807, 2.05) is 23.4 Å². The van der Waals surface area contributed by atoms with Crippen LogP contribution in [0, 0.1) is 0 Å². The predicted molar refractivity (Wildman–Crippen MR) is 110 cm³/mol. The average Bonchev–Trinajstić information content (AvgIpc) is 3.09. The molecule has 0 aliphatic carbocycles. The van der Waals surface area contributed by atoms with E-state index >= 15 is 0 Å². The molecule has 8 heteroatoms. The van der Waals surface area contributed by atoms with Crippen molar-refractivity contribution in [1.29, 1.82) is 0 Å². The number of piperazine rings is 1. The summed E-state index contributed by atoms with van der Waals surface area (Å²) in [5, 5.41) is 0.525. The summed E-state index contributed by atoms with van der Waals surface area (Å²) in [6.45, 7) is 5.81. The third-order valence-electron chi connectivity index (χ3n) is 5.35. The second-order valence-corrected chi connectivity index (χ2v) is 7.59. The normalized spacial score (nSPS) is 21.4. The first-order chi connectivity index (χ1) is 13.6. The molecule has 1 aromatic carbocycles. The van der Waals surface area contributed by atoms with Crippen LogP contribution in [0.3, 0.4) is 0 Å². The summed E-state index contributed by atoms with van der Waals surface area (Å²) in [4.78, 5) is 28.2. The van der Waals surface area contributed by atoms with Gasteiger partial charge in [-0.1, -0.05) is 17.7 Å². The molecule has 3 aliphatic heterocycles. The fraction of sp³-hybridized carbons (Fsp3) is 0.450. The second-order valence-electron chi connectivity index (χ2n) is 7.18. The number of hydrogen-bond acceptors (Lipinski definition) is 6. The third-order valence-corrected chi connectivity index (χ3v) is 5.65. The van der Waals surface area contributed by atoms with Crippen LogP contribution in [0.4, 0.5) is 0 Å². The molecular formula is C20H24ClN5O2. The summed E-state index contributed by atoms with van der Waals surface area (Å²) in [5.74, 6) is 2.59. The minimum Gasteiger partial charge on any atom is -0.495 e. The van der Waals surface area contributed by atoms with Crippen molar-refractivity contribution in [2.24, 2.45) is 9.98 Å². The Hall–Kier alpha value is -2.54. The fourth-order valence-corrected chi connectivity index (χ4v) is 4.01. The van der Waals surface area contributed by atoms with Gasteiger partial charge in [0.2, 0.25) is 5.91 Å². The molecule has 0 N–H and O–H groups in total. The maximum atomic E-state index is 12.7. The predicted octanol–water partition coefficient (Wildman–Crippen LogP) is 2.02. The molecule has 0 radical (unpaired) electrons. The first kappa shape index (κ1) is 18.8. The lowest BCUT2D eigenvalue weighted by molar-refractivity contribution is -0.131. The number of nitrogens with zero attached hydrogens (tertiary/aromatic N) is 5. The van der Waals surface area contributed by atoms with Gasteiger partial charge in [-0.3, -0.25) is 9.79 Å². The molecule has 0 spiro atoms. The number of aliphatic imine (C=N–C) groups is 2. The van der Waals surface area contributed by atoms with Crippen LogP contribution >= 0.6 is 11.6 Å². The largest absolute Gasteiger partial charge is 0.495 e. The molecule has 1 amide bonds. The third kappa shape index (κ3) is 3.58. The van der Waals surface area contributed by atoms with Gasteiger partial charge in [0, 0.05) is 38.6 Å². The minimum atomic E-state index is 0.111. The molecule has 1 aromatic rings. The van der Waals surface area contributed by atoms with E-state index in [-0.39, 0.29) is 5.91 Å². The van der Waals surface area contributed by atoms with Crippen LogP contribution in [0.1, 0.15) is 12.5 Å². The van der Waals surface area contributed by atoms with Crippen molar-refractivity contribution in [3.05, 3.63) is 41.2 Å². The lowest BCUT2D eigenvalue weighted by atomic mass is 10.1. The Kier molecular flexibility index (Phi) is 5.26. The lowest BCUT2D eigenvalue weighted by Gasteiger charge is -2.38. The molecule has 0 bridgehead atoms. The Bertz CT molecular complexity index is 858. The Balaban J connectivity index is 1.35. The smallest absolute Gasteiger partial charge is 0.227 e. The Morgan fingerprint density at radius 3 is 2.75 bits per heavy atom. The molecule has 7 nitrogen and oxygen atoms in total. The Morgan fingerprint density at radius 1 is 1.25 bits per heavy atom. The van der Waals surface area contributed by atoms with E-state index in [1.165, 1.54) is 0 Å². The number of methoxy groups -OCH3 is 1. The average molecular weight is 402 g/mol. The van der Waals surface area contributed by atoms with Crippen LogP contribution in [-0.2, 0) is 11.2 Å². The zero-order valence-electron chi connectivity index (χ0n) is 16.1. The van der Waals surface area contributed by atoms with E-state index in [4.69, 9.17) is 16.3 Å². The highest BCUT2D eigenvalue weighted by Crippen LogP contribution is 2.25. The van der Waals surface area contributed by atoms with Gasteiger partial charge in [0.25, 0.3) is 0 Å².